The first-order valence-electron chi connectivity index (χ1n) is 8.19. The standard InChI is InChI=1S/C18H18N4O5/c1-8-12-13(9-5-10(24-2)15(26-4)11(6-9)25-3)14-16(23)19-7-20-17(14)27-18(12)22-21-8/h5-7,13H,1-4H3,(H,21,22)(H,19,20,23). The third-order valence-corrected chi connectivity index (χ3v) is 4.60. The van der Waals surface area contributed by atoms with Crippen LogP contribution in [0.5, 0.6) is 29.0 Å². The summed E-state index contributed by atoms with van der Waals surface area (Å²) in [4.78, 5) is 19.4. The van der Waals surface area contributed by atoms with Crippen LogP contribution in [-0.2, 0) is 0 Å². The van der Waals surface area contributed by atoms with Crippen molar-refractivity contribution >= 4 is 0 Å². The molecule has 3 heterocycles. The summed E-state index contributed by atoms with van der Waals surface area (Å²) in [5, 5.41) is 7.10. The van der Waals surface area contributed by atoms with Crippen LogP contribution in [0.4, 0.5) is 0 Å². The van der Waals surface area contributed by atoms with Crippen LogP contribution in [0.25, 0.3) is 0 Å². The number of nitrogens with one attached hydrogen (secondary N) is 2. The SMILES string of the molecule is COc1cc(C2c3c(n[nH]c3C)Oc3nc[nH]c(=O)c32)cc(OC)c1OC. The van der Waals surface area contributed by atoms with Crippen molar-refractivity contribution in [3.8, 4) is 29.0 Å². The maximum Gasteiger partial charge on any atom is 0.258 e. The van der Waals surface area contributed by atoms with Gasteiger partial charge in [-0.25, -0.2) is 4.98 Å². The van der Waals surface area contributed by atoms with E-state index < -0.39 is 5.92 Å². The highest BCUT2D eigenvalue weighted by Crippen LogP contribution is 2.48. The molecular weight excluding hydrogens is 352 g/mol. The first-order chi connectivity index (χ1) is 13.1. The number of aromatic amines is 2. The number of aromatic nitrogens is 4. The van der Waals surface area contributed by atoms with Crippen molar-refractivity contribution in [3.05, 3.63) is 51.2 Å². The van der Waals surface area contributed by atoms with Gasteiger partial charge in [-0.1, -0.05) is 0 Å². The zero-order valence-corrected chi connectivity index (χ0v) is 15.2. The number of ether oxygens (including phenoxy) is 4. The van der Waals surface area contributed by atoms with Gasteiger partial charge in [-0.2, -0.15) is 0 Å². The molecule has 3 aromatic rings. The van der Waals surface area contributed by atoms with Gasteiger partial charge in [0.1, 0.15) is 0 Å². The Morgan fingerprint density at radius 3 is 2.37 bits per heavy atom. The number of aryl methyl sites for hydroxylation is 1. The van der Waals surface area contributed by atoms with Crippen molar-refractivity contribution in [2.75, 3.05) is 21.3 Å². The largest absolute Gasteiger partial charge is 0.493 e. The quantitative estimate of drug-likeness (QED) is 0.566. The molecule has 1 aliphatic rings. The smallest absolute Gasteiger partial charge is 0.258 e. The molecule has 2 N–H and O–H groups in total. The third kappa shape index (κ3) is 2.50. The van der Waals surface area contributed by atoms with E-state index in [1.165, 1.54) is 13.4 Å². The van der Waals surface area contributed by atoms with E-state index in [1.807, 2.05) is 19.1 Å². The van der Waals surface area contributed by atoms with Crippen LogP contribution in [0.2, 0.25) is 0 Å². The normalized spacial score (nSPS) is 14.7. The zero-order valence-electron chi connectivity index (χ0n) is 15.2. The van der Waals surface area contributed by atoms with Crippen molar-refractivity contribution in [2.45, 2.75) is 12.8 Å². The Labute approximate surface area is 154 Å². The molecule has 9 heteroatoms. The van der Waals surface area contributed by atoms with Gasteiger partial charge in [0.15, 0.2) is 11.5 Å². The molecule has 0 fully saturated rings. The molecule has 1 atom stereocenters. The van der Waals surface area contributed by atoms with Crippen LogP contribution in [0.15, 0.2) is 23.3 Å². The second-order valence-electron chi connectivity index (χ2n) is 6.01. The van der Waals surface area contributed by atoms with Crippen molar-refractivity contribution in [2.24, 2.45) is 0 Å². The van der Waals surface area contributed by atoms with Gasteiger partial charge < -0.3 is 23.9 Å². The third-order valence-electron chi connectivity index (χ3n) is 4.60. The molecule has 0 amide bonds. The maximum atomic E-state index is 12.6. The number of hydrogen-bond donors (Lipinski definition) is 2. The topological polar surface area (TPSA) is 111 Å². The number of hydrogen-bond acceptors (Lipinski definition) is 7. The van der Waals surface area contributed by atoms with E-state index in [4.69, 9.17) is 18.9 Å². The summed E-state index contributed by atoms with van der Waals surface area (Å²) in [5.74, 6) is 1.59. The first-order valence-corrected chi connectivity index (χ1v) is 8.19. The summed E-state index contributed by atoms with van der Waals surface area (Å²) < 4.78 is 22.1. The lowest BCUT2D eigenvalue weighted by atomic mass is 9.84. The lowest BCUT2D eigenvalue weighted by Gasteiger charge is -2.25. The molecule has 1 aliphatic heterocycles. The van der Waals surface area contributed by atoms with Gasteiger partial charge in [0, 0.05) is 11.3 Å². The number of rotatable bonds is 4. The Bertz CT molecular complexity index is 1050. The monoisotopic (exact) mass is 370 g/mol. The molecule has 1 unspecified atom stereocenters. The molecular formula is C18H18N4O5. The van der Waals surface area contributed by atoms with E-state index in [1.54, 1.807) is 14.2 Å². The number of fused-ring (bicyclic) bond motifs is 2. The van der Waals surface area contributed by atoms with Crippen LogP contribution in [-0.4, -0.2) is 41.5 Å². The predicted molar refractivity (Wildman–Crippen MR) is 95.3 cm³/mol. The number of benzene rings is 1. The van der Waals surface area contributed by atoms with Crippen molar-refractivity contribution < 1.29 is 18.9 Å². The highest BCUT2D eigenvalue weighted by molar-refractivity contribution is 5.61. The fourth-order valence-corrected chi connectivity index (χ4v) is 3.40. The summed E-state index contributed by atoms with van der Waals surface area (Å²) in [7, 11) is 4.63. The second-order valence-corrected chi connectivity index (χ2v) is 6.01. The van der Waals surface area contributed by atoms with Crippen molar-refractivity contribution in [1.82, 2.24) is 20.2 Å². The summed E-state index contributed by atoms with van der Waals surface area (Å²) >= 11 is 0. The van der Waals surface area contributed by atoms with Gasteiger partial charge in [0.25, 0.3) is 5.56 Å². The van der Waals surface area contributed by atoms with Crippen LogP contribution in [0, 0.1) is 6.92 Å². The highest BCUT2D eigenvalue weighted by atomic mass is 16.5. The molecule has 9 nitrogen and oxygen atoms in total. The predicted octanol–water partition coefficient (Wildman–Crippen LogP) is 2.11. The van der Waals surface area contributed by atoms with E-state index in [-0.39, 0.29) is 11.4 Å². The minimum absolute atomic E-state index is 0.219. The van der Waals surface area contributed by atoms with Gasteiger partial charge >= 0.3 is 0 Å². The average Bonchev–Trinajstić information content (AvgIpc) is 3.06. The van der Waals surface area contributed by atoms with Gasteiger partial charge in [-0.3, -0.25) is 9.89 Å². The van der Waals surface area contributed by atoms with E-state index in [9.17, 15) is 4.79 Å². The van der Waals surface area contributed by atoms with E-state index in [2.05, 4.69) is 20.2 Å². The molecule has 0 aliphatic carbocycles. The van der Waals surface area contributed by atoms with E-state index in [0.29, 0.717) is 28.7 Å². The molecule has 1 aromatic carbocycles. The molecule has 0 radical (unpaired) electrons. The molecule has 0 saturated heterocycles. The lowest BCUT2D eigenvalue weighted by molar-refractivity contribution is 0.323. The Morgan fingerprint density at radius 2 is 1.74 bits per heavy atom. The molecule has 140 valence electrons. The number of H-pyrrole nitrogens is 2. The van der Waals surface area contributed by atoms with Gasteiger partial charge in [0.05, 0.1) is 39.1 Å². The average molecular weight is 370 g/mol. The van der Waals surface area contributed by atoms with E-state index in [0.717, 1.165) is 16.8 Å². The Balaban J connectivity index is 2.02. The maximum absolute atomic E-state index is 12.6. The minimum Gasteiger partial charge on any atom is -0.493 e. The fourth-order valence-electron chi connectivity index (χ4n) is 3.40. The van der Waals surface area contributed by atoms with Crippen LogP contribution in [0.3, 0.4) is 0 Å². The molecule has 4 rings (SSSR count). The zero-order chi connectivity index (χ0) is 19.1. The molecule has 2 aromatic heterocycles. The molecule has 0 bridgehead atoms. The molecule has 0 saturated carbocycles. The van der Waals surface area contributed by atoms with E-state index >= 15 is 0 Å². The van der Waals surface area contributed by atoms with Crippen LogP contribution < -0.4 is 24.5 Å². The first kappa shape index (κ1) is 17.0. The second kappa shape index (κ2) is 6.35. The van der Waals surface area contributed by atoms with Gasteiger partial charge in [-0.15, -0.1) is 5.10 Å². The Kier molecular flexibility index (Phi) is 3.98. The summed E-state index contributed by atoms with van der Waals surface area (Å²) in [6.45, 7) is 1.87. The Morgan fingerprint density at radius 1 is 1.04 bits per heavy atom. The number of nitrogens with zero attached hydrogens (tertiary/aromatic N) is 2. The van der Waals surface area contributed by atoms with Crippen molar-refractivity contribution in [3.63, 3.8) is 0 Å². The summed E-state index contributed by atoms with van der Waals surface area (Å²) in [6.07, 6.45) is 1.30. The minimum atomic E-state index is -0.464. The lowest BCUT2D eigenvalue weighted by Crippen LogP contribution is -2.23. The van der Waals surface area contributed by atoms with Crippen LogP contribution >= 0.6 is 0 Å². The van der Waals surface area contributed by atoms with Crippen LogP contribution in [0.1, 0.15) is 28.3 Å². The molecule has 27 heavy (non-hydrogen) atoms. The van der Waals surface area contributed by atoms with Crippen molar-refractivity contribution in [1.29, 1.82) is 0 Å². The summed E-state index contributed by atoms with van der Waals surface area (Å²) in [6, 6.07) is 3.62. The molecule has 0 spiro atoms. The summed E-state index contributed by atoms with van der Waals surface area (Å²) in [5.41, 5.74) is 2.42. The Hall–Kier alpha value is -3.49. The van der Waals surface area contributed by atoms with Gasteiger partial charge in [-0.05, 0) is 24.6 Å². The number of methoxy groups -OCH3 is 3. The fraction of sp³-hybridized carbons (Fsp3) is 0.278. The van der Waals surface area contributed by atoms with Gasteiger partial charge in [0.2, 0.25) is 17.5 Å². The highest BCUT2D eigenvalue weighted by Gasteiger charge is 2.36.